The fraction of sp³-hybridized carbons (Fsp3) is 0.379. The van der Waals surface area contributed by atoms with E-state index in [1.54, 1.807) is 30.3 Å². The van der Waals surface area contributed by atoms with E-state index in [-0.39, 0.29) is 29.5 Å². The number of nitrogens with zero attached hydrogens (tertiary/aromatic N) is 4. The van der Waals surface area contributed by atoms with E-state index < -0.39 is 11.8 Å². The molecule has 1 saturated carbocycles. The highest BCUT2D eigenvalue weighted by Crippen LogP contribution is 2.32. The molecule has 2 aliphatic rings. The topological polar surface area (TPSA) is 109 Å². The molecule has 4 heterocycles. The van der Waals surface area contributed by atoms with Gasteiger partial charge in [-0.15, -0.1) is 0 Å². The Labute approximate surface area is 234 Å². The monoisotopic (exact) mass is 566 g/mol. The summed E-state index contributed by atoms with van der Waals surface area (Å²) in [5.41, 5.74) is 1.30. The highest BCUT2D eigenvalue weighted by Gasteiger charge is 2.27. The van der Waals surface area contributed by atoms with Crippen molar-refractivity contribution in [3.05, 3.63) is 70.9 Å². The van der Waals surface area contributed by atoms with Crippen molar-refractivity contribution in [1.29, 1.82) is 0 Å². The lowest BCUT2D eigenvalue weighted by molar-refractivity contribution is -0.0591. The Morgan fingerprint density at radius 3 is 2.58 bits per heavy atom. The number of hydrogen-bond donors (Lipinski definition) is 1. The Morgan fingerprint density at radius 1 is 1.05 bits per heavy atom. The maximum Gasteiger partial charge on any atom is 0.354 e. The molecule has 1 saturated heterocycles. The minimum Gasteiger partial charge on any atom is -0.477 e. The second-order valence-electron chi connectivity index (χ2n) is 10.2. The zero-order valence-corrected chi connectivity index (χ0v) is 22.4. The standard InChI is InChI=1S/C29H28ClFN4O5/c30-18-6-11-24(21(31)15-18)40-27-3-1-2-26(34-27)39-19-7-4-17(5-8-19)14-25-32-22-9-10-23(29(36)37)33-28(22)35(25)16-20-12-13-38-20/h1-3,6,9-11,15,17,19-20H,4-5,7-8,12-14,16H2,(H,36,37). The van der Waals surface area contributed by atoms with Crippen molar-refractivity contribution in [1.82, 2.24) is 19.5 Å². The van der Waals surface area contributed by atoms with Crippen molar-refractivity contribution < 1.29 is 28.5 Å². The van der Waals surface area contributed by atoms with Crippen molar-refractivity contribution in [3.8, 4) is 17.5 Å². The maximum atomic E-state index is 14.1. The Balaban J connectivity index is 1.09. The number of carboxylic acids is 1. The van der Waals surface area contributed by atoms with Crippen molar-refractivity contribution >= 4 is 28.7 Å². The van der Waals surface area contributed by atoms with Crippen LogP contribution in [0.1, 0.15) is 48.4 Å². The van der Waals surface area contributed by atoms with Gasteiger partial charge in [0.15, 0.2) is 22.9 Å². The Morgan fingerprint density at radius 2 is 1.85 bits per heavy atom. The predicted octanol–water partition coefficient (Wildman–Crippen LogP) is 6.08. The van der Waals surface area contributed by atoms with Gasteiger partial charge >= 0.3 is 5.97 Å². The number of pyridine rings is 2. The summed E-state index contributed by atoms with van der Waals surface area (Å²) < 4.78 is 33.5. The summed E-state index contributed by atoms with van der Waals surface area (Å²) in [5, 5.41) is 9.71. The third kappa shape index (κ3) is 5.88. The second kappa shape index (κ2) is 11.4. The zero-order chi connectivity index (χ0) is 27.6. The molecule has 4 aromatic rings. The van der Waals surface area contributed by atoms with Crippen LogP contribution in [0.2, 0.25) is 5.02 Å². The van der Waals surface area contributed by atoms with Crippen LogP contribution in [0.15, 0.2) is 48.5 Å². The van der Waals surface area contributed by atoms with Gasteiger partial charge < -0.3 is 23.9 Å². The Kier molecular flexibility index (Phi) is 7.53. The average Bonchev–Trinajstić information content (AvgIpc) is 3.25. The molecule has 0 radical (unpaired) electrons. The molecule has 1 aromatic carbocycles. The van der Waals surface area contributed by atoms with E-state index in [1.165, 1.54) is 18.2 Å². The van der Waals surface area contributed by atoms with Crippen LogP contribution in [0.4, 0.5) is 4.39 Å². The summed E-state index contributed by atoms with van der Waals surface area (Å²) in [5.74, 6) is 0.403. The first-order valence-corrected chi connectivity index (χ1v) is 13.8. The number of fused-ring (bicyclic) bond motifs is 1. The molecule has 1 N–H and O–H groups in total. The van der Waals surface area contributed by atoms with Crippen LogP contribution in [0.3, 0.4) is 0 Å². The molecule has 1 unspecified atom stereocenters. The summed E-state index contributed by atoms with van der Waals surface area (Å²) in [6.45, 7) is 1.36. The second-order valence-corrected chi connectivity index (χ2v) is 10.7. The normalized spacial score (nSPS) is 20.7. The summed E-state index contributed by atoms with van der Waals surface area (Å²) >= 11 is 5.82. The molecule has 0 spiro atoms. The van der Waals surface area contributed by atoms with Crippen molar-refractivity contribution in [2.24, 2.45) is 5.92 Å². The van der Waals surface area contributed by atoms with Crippen molar-refractivity contribution in [3.63, 3.8) is 0 Å². The predicted molar refractivity (Wildman–Crippen MR) is 145 cm³/mol. The highest BCUT2D eigenvalue weighted by molar-refractivity contribution is 6.30. The number of carboxylic acid groups (broad SMARTS) is 1. The van der Waals surface area contributed by atoms with Crippen LogP contribution in [0, 0.1) is 11.7 Å². The number of hydrogen-bond acceptors (Lipinski definition) is 7. The molecule has 9 nitrogen and oxygen atoms in total. The molecule has 6 rings (SSSR count). The summed E-state index contributed by atoms with van der Waals surface area (Å²) in [6.07, 6.45) is 5.46. The largest absolute Gasteiger partial charge is 0.477 e. The first-order valence-electron chi connectivity index (χ1n) is 13.4. The van der Waals surface area contributed by atoms with E-state index in [9.17, 15) is 14.3 Å². The molecule has 2 fully saturated rings. The zero-order valence-electron chi connectivity index (χ0n) is 21.6. The van der Waals surface area contributed by atoms with Crippen LogP contribution < -0.4 is 9.47 Å². The number of halogens is 2. The summed E-state index contributed by atoms with van der Waals surface area (Å²) in [7, 11) is 0. The van der Waals surface area contributed by atoms with Crippen LogP contribution in [-0.4, -0.2) is 49.4 Å². The quantitative estimate of drug-likeness (QED) is 0.260. The van der Waals surface area contributed by atoms with E-state index in [1.807, 2.05) is 4.57 Å². The minimum atomic E-state index is -1.06. The highest BCUT2D eigenvalue weighted by atomic mass is 35.5. The lowest BCUT2D eigenvalue weighted by Crippen LogP contribution is -2.32. The first kappa shape index (κ1) is 26.5. The summed E-state index contributed by atoms with van der Waals surface area (Å²) in [4.78, 5) is 25.1. The lowest BCUT2D eigenvalue weighted by atomic mass is 9.85. The molecular weight excluding hydrogens is 539 g/mol. The fourth-order valence-electron chi connectivity index (χ4n) is 5.22. The van der Waals surface area contributed by atoms with Gasteiger partial charge in [0.2, 0.25) is 11.8 Å². The molecule has 1 aliphatic heterocycles. The SMILES string of the molecule is O=C(O)c1ccc2nc(CC3CCC(Oc4cccc(Oc5ccc(Cl)cc5F)n4)CC3)n(CC3CCO3)c2n1. The molecule has 0 bridgehead atoms. The van der Waals surface area contributed by atoms with Gasteiger partial charge in [-0.05, 0) is 68.4 Å². The van der Waals surface area contributed by atoms with Gasteiger partial charge in [-0.1, -0.05) is 17.7 Å². The van der Waals surface area contributed by atoms with Gasteiger partial charge in [-0.2, -0.15) is 4.98 Å². The van der Waals surface area contributed by atoms with Gasteiger partial charge in [0.25, 0.3) is 0 Å². The van der Waals surface area contributed by atoms with Gasteiger partial charge in [0.1, 0.15) is 17.4 Å². The molecule has 1 atom stereocenters. The molecule has 11 heteroatoms. The van der Waals surface area contributed by atoms with Crippen molar-refractivity contribution in [2.45, 2.75) is 57.3 Å². The minimum absolute atomic E-state index is 0.00764. The van der Waals surface area contributed by atoms with E-state index in [0.29, 0.717) is 34.5 Å². The van der Waals surface area contributed by atoms with Gasteiger partial charge in [-0.3, -0.25) is 0 Å². The first-order chi connectivity index (χ1) is 19.4. The van der Waals surface area contributed by atoms with Crippen LogP contribution >= 0.6 is 11.6 Å². The number of imidazole rings is 1. The maximum absolute atomic E-state index is 14.1. The smallest absolute Gasteiger partial charge is 0.354 e. The fourth-order valence-corrected chi connectivity index (χ4v) is 5.38. The summed E-state index contributed by atoms with van der Waals surface area (Å²) in [6, 6.07) is 12.6. The third-order valence-electron chi connectivity index (χ3n) is 7.43. The van der Waals surface area contributed by atoms with Crippen molar-refractivity contribution in [2.75, 3.05) is 6.61 Å². The molecule has 40 heavy (non-hydrogen) atoms. The van der Waals surface area contributed by atoms with Crippen LogP contribution in [0.25, 0.3) is 11.2 Å². The van der Waals surface area contributed by atoms with Gasteiger partial charge in [0.05, 0.1) is 12.6 Å². The van der Waals surface area contributed by atoms with Crippen LogP contribution in [-0.2, 0) is 17.7 Å². The number of benzene rings is 1. The molecule has 3 aromatic heterocycles. The van der Waals surface area contributed by atoms with Gasteiger partial charge in [0, 0.05) is 30.2 Å². The third-order valence-corrected chi connectivity index (χ3v) is 7.66. The van der Waals surface area contributed by atoms with Crippen LogP contribution in [0.5, 0.6) is 17.5 Å². The molecule has 208 valence electrons. The number of rotatable bonds is 9. The molecule has 0 amide bonds. The molecule has 1 aliphatic carbocycles. The number of carbonyl (C=O) groups is 1. The molecular formula is C29H28ClFN4O5. The Bertz CT molecular complexity index is 1530. The van der Waals surface area contributed by atoms with E-state index in [0.717, 1.165) is 51.0 Å². The number of aromatic nitrogens is 4. The van der Waals surface area contributed by atoms with E-state index >= 15 is 0 Å². The van der Waals surface area contributed by atoms with E-state index in [2.05, 4.69) is 9.97 Å². The van der Waals surface area contributed by atoms with E-state index in [4.69, 9.17) is 30.8 Å². The average molecular weight is 567 g/mol. The number of ether oxygens (including phenoxy) is 3. The Hall–Kier alpha value is -3.76. The van der Waals surface area contributed by atoms with Gasteiger partial charge in [-0.25, -0.2) is 19.2 Å². The number of aromatic carboxylic acids is 1. The lowest BCUT2D eigenvalue weighted by Gasteiger charge is -2.30.